The van der Waals surface area contributed by atoms with Crippen LogP contribution in [-0.2, 0) is 11.2 Å². The first-order chi connectivity index (χ1) is 11.5. The van der Waals surface area contributed by atoms with Crippen molar-refractivity contribution in [3.8, 4) is 0 Å². The predicted octanol–water partition coefficient (Wildman–Crippen LogP) is 2.95. The second-order valence-corrected chi connectivity index (χ2v) is 6.45. The van der Waals surface area contributed by atoms with Gasteiger partial charge in [0.1, 0.15) is 0 Å². The Kier molecular flexibility index (Phi) is 12.3. The van der Waals surface area contributed by atoms with Crippen LogP contribution in [0.15, 0.2) is 35.3 Å². The number of guanidine groups is 1. The number of amides is 1. The molecule has 0 aliphatic rings. The van der Waals surface area contributed by atoms with E-state index in [0.29, 0.717) is 13.1 Å². The molecule has 5 nitrogen and oxygen atoms in total. The van der Waals surface area contributed by atoms with Crippen LogP contribution in [0.4, 0.5) is 0 Å². The van der Waals surface area contributed by atoms with Crippen LogP contribution in [0.3, 0.4) is 0 Å². The van der Waals surface area contributed by atoms with Crippen molar-refractivity contribution in [3.05, 3.63) is 35.9 Å². The molecule has 0 aliphatic heterocycles. The minimum Gasteiger partial charge on any atom is -0.357 e. The lowest BCUT2D eigenvalue weighted by Gasteiger charge is -2.22. The third-order valence-corrected chi connectivity index (χ3v) is 3.71. The van der Waals surface area contributed by atoms with Crippen molar-refractivity contribution in [3.63, 3.8) is 0 Å². The number of hydrogen-bond acceptors (Lipinski definition) is 2. The monoisotopic (exact) mass is 460 g/mol. The fourth-order valence-electron chi connectivity index (χ4n) is 2.23. The molecule has 1 aromatic carbocycles. The summed E-state index contributed by atoms with van der Waals surface area (Å²) >= 11 is 0. The molecule has 142 valence electrons. The van der Waals surface area contributed by atoms with E-state index in [4.69, 9.17) is 0 Å². The highest BCUT2D eigenvalue weighted by molar-refractivity contribution is 14.0. The number of hydrogen-bond donors (Lipinski definition) is 3. The Morgan fingerprint density at radius 2 is 1.68 bits per heavy atom. The van der Waals surface area contributed by atoms with Crippen LogP contribution in [0.25, 0.3) is 0 Å². The van der Waals surface area contributed by atoms with Crippen molar-refractivity contribution in [2.24, 2.45) is 10.4 Å². The quantitative estimate of drug-likeness (QED) is 0.230. The van der Waals surface area contributed by atoms with Gasteiger partial charge in [0.25, 0.3) is 0 Å². The van der Waals surface area contributed by atoms with Crippen LogP contribution in [0.1, 0.15) is 39.7 Å². The maximum atomic E-state index is 12.0. The number of aliphatic imine (C=N–C) groups is 1. The van der Waals surface area contributed by atoms with Gasteiger partial charge in [-0.2, -0.15) is 0 Å². The Morgan fingerprint density at radius 3 is 2.28 bits per heavy atom. The summed E-state index contributed by atoms with van der Waals surface area (Å²) in [5.74, 6) is 0.802. The van der Waals surface area contributed by atoms with Gasteiger partial charge in [-0.05, 0) is 46.1 Å². The highest BCUT2D eigenvalue weighted by Gasteiger charge is 2.26. The van der Waals surface area contributed by atoms with E-state index in [1.54, 1.807) is 0 Å². The molecule has 1 amide bonds. The second-order valence-electron chi connectivity index (χ2n) is 6.45. The molecule has 0 atom stereocenters. The molecule has 0 aromatic heterocycles. The van der Waals surface area contributed by atoms with E-state index in [1.165, 1.54) is 5.56 Å². The summed E-state index contributed by atoms with van der Waals surface area (Å²) in [6.07, 6.45) is 2.08. The molecule has 0 spiro atoms. The van der Waals surface area contributed by atoms with Gasteiger partial charge in [-0.1, -0.05) is 30.3 Å². The average molecular weight is 460 g/mol. The van der Waals surface area contributed by atoms with Crippen LogP contribution in [0.2, 0.25) is 0 Å². The first-order valence-electron chi connectivity index (χ1n) is 8.84. The first kappa shape index (κ1) is 23.7. The van der Waals surface area contributed by atoms with Gasteiger partial charge >= 0.3 is 0 Å². The van der Waals surface area contributed by atoms with Gasteiger partial charge in [0.15, 0.2) is 5.96 Å². The molecule has 0 fully saturated rings. The Labute approximate surface area is 169 Å². The molecule has 0 heterocycles. The third kappa shape index (κ3) is 9.67. The molecule has 0 radical (unpaired) electrons. The van der Waals surface area contributed by atoms with E-state index >= 15 is 0 Å². The number of carbonyl (C=O) groups excluding carboxylic acids is 1. The fourth-order valence-corrected chi connectivity index (χ4v) is 2.23. The highest BCUT2D eigenvalue weighted by atomic mass is 127. The normalized spacial score (nSPS) is 11.4. The molecule has 0 saturated carbocycles. The topological polar surface area (TPSA) is 65.5 Å². The van der Waals surface area contributed by atoms with Crippen LogP contribution < -0.4 is 16.0 Å². The zero-order valence-electron chi connectivity index (χ0n) is 15.9. The minimum atomic E-state index is -0.512. The van der Waals surface area contributed by atoms with Crippen molar-refractivity contribution in [2.45, 2.75) is 40.5 Å². The van der Waals surface area contributed by atoms with E-state index in [1.807, 2.05) is 33.8 Å². The number of halogens is 1. The Balaban J connectivity index is 0.00000576. The molecule has 1 aromatic rings. The van der Waals surface area contributed by atoms with E-state index < -0.39 is 5.41 Å². The fraction of sp³-hybridized carbons (Fsp3) is 0.579. The van der Waals surface area contributed by atoms with E-state index in [-0.39, 0.29) is 29.9 Å². The van der Waals surface area contributed by atoms with Crippen molar-refractivity contribution in [2.75, 3.05) is 26.2 Å². The number of nitrogens with one attached hydrogen (secondary N) is 3. The van der Waals surface area contributed by atoms with Crippen molar-refractivity contribution >= 4 is 35.8 Å². The number of benzene rings is 1. The molecule has 6 heteroatoms. The molecule has 0 saturated heterocycles. The molecule has 0 aliphatic carbocycles. The van der Waals surface area contributed by atoms with Gasteiger partial charge in [0.2, 0.25) is 5.91 Å². The number of nitrogens with zero attached hydrogens (tertiary/aromatic N) is 1. The molecule has 0 bridgehead atoms. The molecule has 25 heavy (non-hydrogen) atoms. The van der Waals surface area contributed by atoms with Gasteiger partial charge in [0.05, 0.1) is 12.0 Å². The third-order valence-electron chi connectivity index (χ3n) is 3.71. The van der Waals surface area contributed by atoms with Crippen molar-refractivity contribution in [1.29, 1.82) is 0 Å². The predicted molar refractivity (Wildman–Crippen MR) is 117 cm³/mol. The van der Waals surface area contributed by atoms with Crippen molar-refractivity contribution < 1.29 is 4.79 Å². The van der Waals surface area contributed by atoms with Crippen LogP contribution >= 0.6 is 24.0 Å². The number of carbonyl (C=O) groups is 1. The van der Waals surface area contributed by atoms with Gasteiger partial charge in [-0.3, -0.25) is 9.79 Å². The zero-order chi connectivity index (χ0) is 17.8. The summed E-state index contributed by atoms with van der Waals surface area (Å²) < 4.78 is 0. The lowest BCUT2D eigenvalue weighted by Crippen LogP contribution is -2.42. The van der Waals surface area contributed by atoms with Gasteiger partial charge in [0, 0.05) is 19.6 Å². The average Bonchev–Trinajstić information content (AvgIpc) is 2.57. The van der Waals surface area contributed by atoms with Gasteiger partial charge in [-0.15, -0.1) is 24.0 Å². The van der Waals surface area contributed by atoms with E-state index in [0.717, 1.165) is 31.9 Å². The molecule has 0 unspecified atom stereocenters. The van der Waals surface area contributed by atoms with Crippen molar-refractivity contribution in [1.82, 2.24) is 16.0 Å². The summed E-state index contributed by atoms with van der Waals surface area (Å²) in [7, 11) is 0. The van der Waals surface area contributed by atoms with Gasteiger partial charge < -0.3 is 16.0 Å². The smallest absolute Gasteiger partial charge is 0.227 e. The highest BCUT2D eigenvalue weighted by Crippen LogP contribution is 2.15. The molecule has 1 rings (SSSR count). The summed E-state index contributed by atoms with van der Waals surface area (Å²) in [6, 6.07) is 10.5. The summed E-state index contributed by atoms with van der Waals surface area (Å²) in [4.78, 5) is 16.6. The standard InChI is InChI=1S/C19H32N4O.HI/c1-5-20-17(24)19(3,4)15-23-18(21-6-2)22-14-10-13-16-11-8-7-9-12-16;/h7-9,11-12H,5-6,10,13-15H2,1-4H3,(H,20,24)(H2,21,22,23);1H. The maximum Gasteiger partial charge on any atom is 0.227 e. The minimum absolute atomic E-state index is 0. The second kappa shape index (κ2) is 13.0. The summed E-state index contributed by atoms with van der Waals surface area (Å²) in [6.45, 7) is 10.5. The molecular formula is C19H33IN4O. The lowest BCUT2D eigenvalue weighted by molar-refractivity contribution is -0.128. The van der Waals surface area contributed by atoms with Crippen LogP contribution in [-0.4, -0.2) is 38.0 Å². The lowest BCUT2D eigenvalue weighted by atomic mass is 9.92. The molecule has 3 N–H and O–H groups in total. The zero-order valence-corrected chi connectivity index (χ0v) is 18.2. The van der Waals surface area contributed by atoms with Gasteiger partial charge in [-0.25, -0.2) is 0 Å². The van der Waals surface area contributed by atoms with Crippen LogP contribution in [0, 0.1) is 5.41 Å². The largest absolute Gasteiger partial charge is 0.357 e. The summed E-state index contributed by atoms with van der Waals surface area (Å²) in [5, 5.41) is 9.44. The molecular weight excluding hydrogens is 427 g/mol. The number of aryl methyl sites for hydroxylation is 1. The van der Waals surface area contributed by atoms with E-state index in [9.17, 15) is 4.79 Å². The van der Waals surface area contributed by atoms with E-state index in [2.05, 4.69) is 45.2 Å². The summed E-state index contributed by atoms with van der Waals surface area (Å²) in [5.41, 5.74) is 0.834. The Hall–Kier alpha value is -1.31. The Bertz CT molecular complexity index is 517. The Morgan fingerprint density at radius 1 is 1.04 bits per heavy atom. The number of rotatable bonds is 9. The maximum absolute atomic E-state index is 12.0. The SMILES string of the molecule is CCNC(=O)C(C)(C)CN=C(NCC)NCCCc1ccccc1.I. The first-order valence-corrected chi connectivity index (χ1v) is 8.84. The van der Waals surface area contributed by atoms with Crippen LogP contribution in [0.5, 0.6) is 0 Å².